The van der Waals surface area contributed by atoms with Crippen LogP contribution in [0.1, 0.15) is 19.8 Å². The van der Waals surface area contributed by atoms with Gasteiger partial charge in [0.25, 0.3) is 0 Å². The molecule has 0 spiro atoms. The molecule has 0 bridgehead atoms. The summed E-state index contributed by atoms with van der Waals surface area (Å²) in [6.07, 6.45) is 6.36. The van der Waals surface area contributed by atoms with Gasteiger partial charge >= 0.3 is 5.97 Å². The van der Waals surface area contributed by atoms with E-state index < -0.39 is 0 Å². The molecule has 2 atom stereocenters. The molecule has 1 aliphatic rings. The van der Waals surface area contributed by atoms with Crippen LogP contribution in [-0.4, -0.2) is 19.2 Å². The summed E-state index contributed by atoms with van der Waals surface area (Å²) < 4.78 is 10.6. The molecule has 0 N–H and O–H groups in total. The molecule has 0 saturated heterocycles. The Balaban J connectivity index is 1.73. The van der Waals surface area contributed by atoms with E-state index in [1.54, 1.807) is 12.1 Å². The van der Waals surface area contributed by atoms with Crippen LogP contribution in [0.25, 0.3) is 0 Å². The van der Waals surface area contributed by atoms with Crippen LogP contribution in [0.5, 0.6) is 5.75 Å². The minimum absolute atomic E-state index is 0.110. The van der Waals surface area contributed by atoms with Crippen molar-refractivity contribution in [3.05, 3.63) is 41.4 Å². The molecular formula is C16H19ClO3. The van der Waals surface area contributed by atoms with Gasteiger partial charge in [-0.25, -0.2) is 4.79 Å². The maximum atomic E-state index is 11.7. The fourth-order valence-electron chi connectivity index (χ4n) is 2.18. The maximum Gasteiger partial charge on any atom is 0.344 e. The van der Waals surface area contributed by atoms with Crippen molar-refractivity contribution in [3.8, 4) is 5.75 Å². The topological polar surface area (TPSA) is 35.5 Å². The molecule has 0 amide bonds. The van der Waals surface area contributed by atoms with Crippen LogP contribution >= 0.6 is 11.6 Å². The number of rotatable bonds is 5. The second-order valence-corrected chi connectivity index (χ2v) is 5.49. The number of esters is 1. The molecule has 2 rings (SSSR count). The number of para-hydroxylation sites is 1. The molecule has 0 fully saturated rings. The zero-order valence-electron chi connectivity index (χ0n) is 11.5. The van der Waals surface area contributed by atoms with Gasteiger partial charge in [0.2, 0.25) is 0 Å². The van der Waals surface area contributed by atoms with Gasteiger partial charge in [-0.05, 0) is 36.8 Å². The lowest BCUT2D eigenvalue weighted by atomic mass is 9.85. The Morgan fingerprint density at radius 3 is 2.80 bits per heavy atom. The van der Waals surface area contributed by atoms with Gasteiger partial charge in [-0.15, -0.1) is 0 Å². The molecule has 108 valence electrons. The lowest BCUT2D eigenvalue weighted by molar-refractivity contribution is -0.147. The van der Waals surface area contributed by atoms with E-state index in [0.717, 1.165) is 12.8 Å². The van der Waals surface area contributed by atoms with Crippen LogP contribution in [0, 0.1) is 11.8 Å². The predicted octanol–water partition coefficient (Wildman–Crippen LogP) is 3.86. The number of ether oxygens (including phenoxy) is 2. The summed E-state index contributed by atoms with van der Waals surface area (Å²) in [5, 5.41) is 0.492. The van der Waals surface area contributed by atoms with E-state index in [-0.39, 0.29) is 12.6 Å². The van der Waals surface area contributed by atoms with E-state index in [1.807, 2.05) is 12.1 Å². The minimum atomic E-state index is -0.355. The quantitative estimate of drug-likeness (QED) is 0.611. The molecule has 0 aliphatic heterocycles. The highest BCUT2D eigenvalue weighted by atomic mass is 35.5. The molecule has 20 heavy (non-hydrogen) atoms. The number of allylic oxidation sites excluding steroid dienone is 2. The van der Waals surface area contributed by atoms with Crippen molar-refractivity contribution < 1.29 is 14.3 Å². The van der Waals surface area contributed by atoms with Gasteiger partial charge in [0.15, 0.2) is 6.61 Å². The first-order valence-corrected chi connectivity index (χ1v) is 7.22. The normalized spacial score (nSPS) is 21.5. The van der Waals surface area contributed by atoms with Crippen LogP contribution in [0.2, 0.25) is 5.02 Å². The zero-order chi connectivity index (χ0) is 14.4. The van der Waals surface area contributed by atoms with Crippen LogP contribution in [-0.2, 0) is 9.53 Å². The van der Waals surface area contributed by atoms with E-state index >= 15 is 0 Å². The summed E-state index contributed by atoms with van der Waals surface area (Å²) in [5.74, 6) is 1.10. The average Bonchev–Trinajstić information content (AvgIpc) is 2.45. The maximum absolute atomic E-state index is 11.7. The smallest absolute Gasteiger partial charge is 0.344 e. The summed E-state index contributed by atoms with van der Waals surface area (Å²) in [6.45, 7) is 2.53. The fraction of sp³-hybridized carbons (Fsp3) is 0.438. The Bertz CT molecular complexity index is 484. The van der Waals surface area contributed by atoms with E-state index in [9.17, 15) is 4.79 Å². The van der Waals surface area contributed by atoms with Gasteiger partial charge in [0.05, 0.1) is 11.6 Å². The Kier molecular flexibility index (Phi) is 5.48. The van der Waals surface area contributed by atoms with Crippen molar-refractivity contribution >= 4 is 17.6 Å². The lowest BCUT2D eigenvalue weighted by Crippen LogP contribution is -2.24. The first kappa shape index (κ1) is 14.9. The van der Waals surface area contributed by atoms with E-state index in [1.165, 1.54) is 0 Å². The Labute approximate surface area is 124 Å². The van der Waals surface area contributed by atoms with E-state index in [4.69, 9.17) is 21.1 Å². The second-order valence-electron chi connectivity index (χ2n) is 5.08. The highest BCUT2D eigenvalue weighted by Gasteiger charge is 2.20. The first-order chi connectivity index (χ1) is 9.66. The Morgan fingerprint density at radius 1 is 1.30 bits per heavy atom. The minimum Gasteiger partial charge on any atom is -0.480 e. The van der Waals surface area contributed by atoms with Crippen molar-refractivity contribution in [2.24, 2.45) is 11.8 Å². The molecule has 0 saturated carbocycles. The Hall–Kier alpha value is -1.48. The zero-order valence-corrected chi connectivity index (χ0v) is 12.3. The number of halogens is 1. The fourth-order valence-corrected chi connectivity index (χ4v) is 2.37. The summed E-state index contributed by atoms with van der Waals surface area (Å²) in [6, 6.07) is 7.07. The standard InChI is InChI=1S/C16H19ClO3/c1-12-6-2-3-7-13(12)10-20-16(18)11-19-15-9-5-4-8-14(15)17/h2-5,8-9,12-13H,6-7,10-11H2,1H3. The average molecular weight is 295 g/mol. The molecule has 0 radical (unpaired) electrons. The van der Waals surface area contributed by atoms with Crippen LogP contribution in [0.3, 0.4) is 0 Å². The largest absolute Gasteiger partial charge is 0.480 e. The SMILES string of the molecule is CC1CC=CCC1COC(=O)COc1ccccc1Cl. The number of carbonyl (C=O) groups is 1. The summed E-state index contributed by atoms with van der Waals surface area (Å²) in [7, 11) is 0. The highest BCUT2D eigenvalue weighted by molar-refractivity contribution is 6.32. The molecule has 0 aromatic heterocycles. The lowest BCUT2D eigenvalue weighted by Gasteiger charge is -2.24. The Morgan fingerprint density at radius 2 is 2.05 bits per heavy atom. The van der Waals surface area contributed by atoms with Crippen molar-refractivity contribution in [2.45, 2.75) is 19.8 Å². The number of hydrogen-bond donors (Lipinski definition) is 0. The van der Waals surface area contributed by atoms with Gasteiger partial charge in [-0.1, -0.05) is 42.8 Å². The van der Waals surface area contributed by atoms with Gasteiger partial charge in [-0.2, -0.15) is 0 Å². The number of hydrogen-bond acceptors (Lipinski definition) is 3. The summed E-state index contributed by atoms with van der Waals surface area (Å²) >= 11 is 5.94. The number of carbonyl (C=O) groups excluding carboxylic acids is 1. The molecule has 1 aromatic carbocycles. The van der Waals surface area contributed by atoms with Gasteiger partial charge in [0.1, 0.15) is 5.75 Å². The van der Waals surface area contributed by atoms with Crippen molar-refractivity contribution in [2.75, 3.05) is 13.2 Å². The molecule has 4 heteroatoms. The second kappa shape index (κ2) is 7.34. The van der Waals surface area contributed by atoms with Gasteiger partial charge in [0, 0.05) is 0 Å². The first-order valence-electron chi connectivity index (χ1n) is 6.84. The van der Waals surface area contributed by atoms with Crippen molar-refractivity contribution in [3.63, 3.8) is 0 Å². The molecule has 3 nitrogen and oxygen atoms in total. The van der Waals surface area contributed by atoms with Gasteiger partial charge < -0.3 is 9.47 Å². The summed E-state index contributed by atoms with van der Waals surface area (Å²) in [4.78, 5) is 11.7. The molecule has 2 unspecified atom stereocenters. The third-order valence-corrected chi connectivity index (χ3v) is 3.87. The molecular weight excluding hydrogens is 276 g/mol. The molecule has 1 aromatic rings. The molecule has 1 aliphatic carbocycles. The third-order valence-electron chi connectivity index (χ3n) is 3.56. The monoisotopic (exact) mass is 294 g/mol. The predicted molar refractivity (Wildman–Crippen MR) is 78.9 cm³/mol. The van der Waals surface area contributed by atoms with Crippen molar-refractivity contribution in [1.82, 2.24) is 0 Å². The highest BCUT2D eigenvalue weighted by Crippen LogP contribution is 2.25. The molecule has 0 heterocycles. The summed E-state index contributed by atoms with van der Waals surface area (Å²) in [5.41, 5.74) is 0. The van der Waals surface area contributed by atoms with Crippen LogP contribution in [0.15, 0.2) is 36.4 Å². The van der Waals surface area contributed by atoms with Gasteiger partial charge in [-0.3, -0.25) is 0 Å². The van der Waals surface area contributed by atoms with Crippen molar-refractivity contribution in [1.29, 1.82) is 0 Å². The van der Waals surface area contributed by atoms with E-state index in [0.29, 0.717) is 29.2 Å². The number of benzene rings is 1. The van der Waals surface area contributed by atoms with E-state index in [2.05, 4.69) is 19.1 Å². The van der Waals surface area contributed by atoms with Crippen LogP contribution in [0.4, 0.5) is 0 Å². The van der Waals surface area contributed by atoms with Crippen LogP contribution < -0.4 is 4.74 Å². The third kappa shape index (κ3) is 4.27.